The smallest absolute Gasteiger partial charge is 0.337 e. The van der Waals surface area contributed by atoms with Crippen molar-refractivity contribution in [3.8, 4) is 0 Å². The Bertz CT molecular complexity index is 560. The van der Waals surface area contributed by atoms with Gasteiger partial charge in [0.15, 0.2) is 0 Å². The molecule has 0 radical (unpaired) electrons. The molecule has 2 aromatic rings. The van der Waals surface area contributed by atoms with Crippen molar-refractivity contribution in [1.82, 2.24) is 4.57 Å². The van der Waals surface area contributed by atoms with E-state index in [4.69, 9.17) is 28.3 Å². The van der Waals surface area contributed by atoms with Crippen LogP contribution < -0.4 is 0 Å². The third-order valence-electron chi connectivity index (χ3n) is 2.22. The van der Waals surface area contributed by atoms with Gasteiger partial charge in [-0.3, -0.25) is 0 Å². The second kappa shape index (κ2) is 3.43. The van der Waals surface area contributed by atoms with E-state index in [0.29, 0.717) is 20.9 Å². The van der Waals surface area contributed by atoms with Crippen molar-refractivity contribution in [3.63, 3.8) is 0 Å². The predicted molar refractivity (Wildman–Crippen MR) is 59.9 cm³/mol. The van der Waals surface area contributed by atoms with Gasteiger partial charge in [0.05, 0.1) is 16.1 Å². The number of fused-ring (bicyclic) bond motifs is 1. The van der Waals surface area contributed by atoms with E-state index in [1.54, 1.807) is 23.7 Å². The Kier molecular flexibility index (Phi) is 2.37. The summed E-state index contributed by atoms with van der Waals surface area (Å²) in [5, 5.41) is 10.4. The summed E-state index contributed by atoms with van der Waals surface area (Å²) in [6.45, 7) is 0. The molecule has 0 atom stereocenters. The molecule has 5 heteroatoms. The van der Waals surface area contributed by atoms with E-state index >= 15 is 0 Å². The van der Waals surface area contributed by atoms with Gasteiger partial charge in [0.2, 0.25) is 0 Å². The van der Waals surface area contributed by atoms with E-state index in [0.717, 1.165) is 0 Å². The van der Waals surface area contributed by atoms with E-state index in [-0.39, 0.29) is 5.56 Å². The van der Waals surface area contributed by atoms with Gasteiger partial charge in [0.25, 0.3) is 0 Å². The van der Waals surface area contributed by atoms with Gasteiger partial charge in [-0.1, -0.05) is 23.2 Å². The van der Waals surface area contributed by atoms with Crippen LogP contribution >= 0.6 is 23.2 Å². The Balaban J connectivity index is 2.93. The Morgan fingerprint density at radius 3 is 2.67 bits per heavy atom. The zero-order valence-corrected chi connectivity index (χ0v) is 9.30. The fraction of sp³-hybridized carbons (Fsp3) is 0.100. The van der Waals surface area contributed by atoms with Crippen molar-refractivity contribution >= 4 is 40.1 Å². The van der Waals surface area contributed by atoms with Crippen LogP contribution in [0.2, 0.25) is 10.0 Å². The van der Waals surface area contributed by atoms with Gasteiger partial charge in [-0.25, -0.2) is 4.79 Å². The lowest BCUT2D eigenvalue weighted by molar-refractivity contribution is 0.0699. The SMILES string of the molecule is Cn1cc(C(=O)O)c2cc(Cl)cc(Cl)c21. The zero-order chi connectivity index (χ0) is 11.2. The van der Waals surface area contributed by atoms with Crippen LogP contribution in [-0.4, -0.2) is 15.6 Å². The summed E-state index contributed by atoms with van der Waals surface area (Å²) in [5.41, 5.74) is 0.885. The van der Waals surface area contributed by atoms with Crippen LogP contribution in [0.1, 0.15) is 10.4 Å². The average molecular weight is 244 g/mol. The molecule has 0 aliphatic carbocycles. The summed E-state index contributed by atoms with van der Waals surface area (Å²) in [7, 11) is 1.74. The van der Waals surface area contributed by atoms with Gasteiger partial charge in [-0.15, -0.1) is 0 Å². The first kappa shape index (κ1) is 10.3. The zero-order valence-electron chi connectivity index (χ0n) is 7.79. The first-order valence-corrected chi connectivity index (χ1v) is 4.93. The summed E-state index contributed by atoms with van der Waals surface area (Å²) in [4.78, 5) is 11.0. The van der Waals surface area contributed by atoms with Crippen LogP contribution in [0.5, 0.6) is 0 Å². The van der Waals surface area contributed by atoms with E-state index in [1.807, 2.05) is 0 Å². The summed E-state index contributed by atoms with van der Waals surface area (Å²) in [5.74, 6) is -0.987. The fourth-order valence-electron chi connectivity index (χ4n) is 1.63. The molecule has 0 amide bonds. The maximum absolute atomic E-state index is 11.0. The molecule has 0 bridgehead atoms. The largest absolute Gasteiger partial charge is 0.478 e. The molecule has 0 unspecified atom stereocenters. The molecular formula is C10H7Cl2NO2. The molecule has 0 spiro atoms. The van der Waals surface area contributed by atoms with E-state index in [1.165, 1.54) is 6.20 Å². The number of aryl methyl sites for hydroxylation is 1. The Morgan fingerprint density at radius 1 is 1.40 bits per heavy atom. The normalized spacial score (nSPS) is 10.9. The number of carboxylic acid groups (broad SMARTS) is 1. The predicted octanol–water partition coefficient (Wildman–Crippen LogP) is 3.18. The second-order valence-electron chi connectivity index (χ2n) is 3.24. The van der Waals surface area contributed by atoms with Crippen LogP contribution in [0.4, 0.5) is 0 Å². The summed E-state index contributed by atoms with van der Waals surface area (Å²) >= 11 is 11.8. The number of benzene rings is 1. The molecular weight excluding hydrogens is 237 g/mol. The lowest BCUT2D eigenvalue weighted by Crippen LogP contribution is -1.93. The molecule has 0 aliphatic heterocycles. The highest BCUT2D eigenvalue weighted by Crippen LogP contribution is 2.31. The molecule has 1 aromatic heterocycles. The molecule has 1 heterocycles. The Labute approximate surface area is 95.8 Å². The molecule has 0 aliphatic rings. The number of nitrogens with zero attached hydrogens (tertiary/aromatic N) is 1. The van der Waals surface area contributed by atoms with Crippen LogP contribution in [-0.2, 0) is 7.05 Å². The fourth-order valence-corrected chi connectivity index (χ4v) is 2.25. The molecule has 78 valence electrons. The van der Waals surface area contributed by atoms with Crippen molar-refractivity contribution in [2.75, 3.05) is 0 Å². The van der Waals surface area contributed by atoms with Gasteiger partial charge in [-0.05, 0) is 12.1 Å². The quantitative estimate of drug-likeness (QED) is 0.836. The van der Waals surface area contributed by atoms with Gasteiger partial charge in [-0.2, -0.15) is 0 Å². The Hall–Kier alpha value is -1.19. The average Bonchev–Trinajstić information content (AvgIpc) is 2.42. The molecule has 0 saturated heterocycles. The van der Waals surface area contributed by atoms with Crippen molar-refractivity contribution < 1.29 is 9.90 Å². The van der Waals surface area contributed by atoms with Crippen LogP contribution in [0.15, 0.2) is 18.3 Å². The topological polar surface area (TPSA) is 42.2 Å². The summed E-state index contributed by atoms with van der Waals surface area (Å²) in [6, 6.07) is 3.20. The van der Waals surface area contributed by atoms with Crippen LogP contribution in [0.25, 0.3) is 10.9 Å². The van der Waals surface area contributed by atoms with Crippen molar-refractivity contribution in [2.24, 2.45) is 7.05 Å². The van der Waals surface area contributed by atoms with E-state index in [2.05, 4.69) is 0 Å². The number of carboxylic acids is 1. The minimum absolute atomic E-state index is 0.205. The number of rotatable bonds is 1. The number of aromatic carboxylic acids is 1. The van der Waals surface area contributed by atoms with Gasteiger partial charge >= 0.3 is 5.97 Å². The minimum atomic E-state index is -0.987. The first-order valence-electron chi connectivity index (χ1n) is 4.18. The lowest BCUT2D eigenvalue weighted by Gasteiger charge is -1.99. The highest BCUT2D eigenvalue weighted by atomic mass is 35.5. The van der Waals surface area contributed by atoms with Crippen molar-refractivity contribution in [1.29, 1.82) is 0 Å². The number of hydrogen-bond acceptors (Lipinski definition) is 1. The Morgan fingerprint density at radius 2 is 2.07 bits per heavy atom. The molecule has 15 heavy (non-hydrogen) atoms. The van der Waals surface area contributed by atoms with E-state index < -0.39 is 5.97 Å². The van der Waals surface area contributed by atoms with Crippen LogP contribution in [0, 0.1) is 0 Å². The monoisotopic (exact) mass is 243 g/mol. The number of carbonyl (C=O) groups is 1. The maximum Gasteiger partial charge on any atom is 0.337 e. The number of hydrogen-bond donors (Lipinski definition) is 1. The van der Waals surface area contributed by atoms with Crippen molar-refractivity contribution in [3.05, 3.63) is 33.9 Å². The van der Waals surface area contributed by atoms with E-state index in [9.17, 15) is 4.79 Å². The third kappa shape index (κ3) is 1.58. The van der Waals surface area contributed by atoms with Crippen molar-refractivity contribution in [2.45, 2.75) is 0 Å². The molecule has 3 nitrogen and oxygen atoms in total. The highest BCUT2D eigenvalue weighted by molar-refractivity contribution is 6.38. The highest BCUT2D eigenvalue weighted by Gasteiger charge is 2.15. The van der Waals surface area contributed by atoms with Gasteiger partial charge in [0, 0.05) is 23.7 Å². The minimum Gasteiger partial charge on any atom is -0.478 e. The molecule has 0 saturated carbocycles. The summed E-state index contributed by atoms with van der Waals surface area (Å²) in [6.07, 6.45) is 1.52. The number of halogens is 2. The lowest BCUT2D eigenvalue weighted by atomic mass is 10.2. The maximum atomic E-state index is 11.0. The molecule has 2 rings (SSSR count). The van der Waals surface area contributed by atoms with Gasteiger partial charge < -0.3 is 9.67 Å². The van der Waals surface area contributed by atoms with Gasteiger partial charge in [0.1, 0.15) is 0 Å². The number of aromatic nitrogens is 1. The van der Waals surface area contributed by atoms with Crippen LogP contribution in [0.3, 0.4) is 0 Å². The standard InChI is InChI=1S/C10H7Cl2NO2/c1-13-4-7(10(14)15)6-2-5(11)3-8(12)9(6)13/h2-4H,1H3,(H,14,15). The third-order valence-corrected chi connectivity index (χ3v) is 2.73. The summed E-state index contributed by atoms with van der Waals surface area (Å²) < 4.78 is 1.68. The molecule has 1 N–H and O–H groups in total. The molecule has 1 aromatic carbocycles. The first-order chi connectivity index (χ1) is 7.00. The molecule has 0 fully saturated rings. The second-order valence-corrected chi connectivity index (χ2v) is 4.09.